The second-order valence-electron chi connectivity index (χ2n) is 6.97. The van der Waals surface area contributed by atoms with E-state index in [0.717, 1.165) is 13.1 Å². The van der Waals surface area contributed by atoms with Gasteiger partial charge in [0.2, 0.25) is 0 Å². The number of hydrogen-bond acceptors (Lipinski definition) is 1. The number of hydroxylamine groups is 3. The molecule has 0 aromatic heterocycles. The fourth-order valence-corrected chi connectivity index (χ4v) is 2.81. The van der Waals surface area contributed by atoms with Crippen molar-refractivity contribution >= 4 is 0 Å². The molecule has 21 heavy (non-hydrogen) atoms. The summed E-state index contributed by atoms with van der Waals surface area (Å²) in [6.07, 6.45) is 19.5. The third-order valence-electron chi connectivity index (χ3n) is 4.67. The third-order valence-corrected chi connectivity index (χ3v) is 4.67. The fraction of sp³-hybridized carbons (Fsp3) is 1.00. The summed E-state index contributed by atoms with van der Waals surface area (Å²) in [6, 6.07) is 0. The van der Waals surface area contributed by atoms with Crippen molar-refractivity contribution in [2.75, 3.05) is 20.1 Å². The van der Waals surface area contributed by atoms with Gasteiger partial charge >= 0.3 is 0 Å². The van der Waals surface area contributed by atoms with Crippen LogP contribution in [0, 0.1) is 0 Å². The van der Waals surface area contributed by atoms with Crippen LogP contribution in [-0.2, 0) is 0 Å². The Morgan fingerprint density at radius 2 is 0.905 bits per heavy atom. The molecule has 0 aromatic carbocycles. The molecule has 0 amide bonds. The van der Waals surface area contributed by atoms with Crippen molar-refractivity contribution in [1.82, 2.24) is 0 Å². The molecule has 0 rings (SSSR count). The van der Waals surface area contributed by atoms with Gasteiger partial charge in [-0.1, -0.05) is 84.0 Å². The van der Waals surface area contributed by atoms with Crippen LogP contribution in [0.25, 0.3) is 0 Å². The largest absolute Gasteiger partial charge is 0.217 e. The summed E-state index contributed by atoms with van der Waals surface area (Å²) in [4.78, 5) is 0. The molecule has 128 valence electrons. The molecule has 0 spiro atoms. The zero-order chi connectivity index (χ0) is 15.8. The minimum atomic E-state index is 0.193. The van der Waals surface area contributed by atoms with Crippen molar-refractivity contribution in [1.29, 1.82) is 0 Å². The summed E-state index contributed by atoms with van der Waals surface area (Å²) in [5.41, 5.74) is 0. The Hall–Kier alpha value is -0.0800. The number of quaternary nitrogens is 1. The first kappa shape index (κ1) is 20.9. The van der Waals surface area contributed by atoms with Gasteiger partial charge in [-0.3, -0.25) is 0 Å². The summed E-state index contributed by atoms with van der Waals surface area (Å²) < 4.78 is 0.193. The summed E-state index contributed by atoms with van der Waals surface area (Å²) in [5, 5.41) is 9.85. The van der Waals surface area contributed by atoms with E-state index in [1.54, 1.807) is 0 Å². The van der Waals surface area contributed by atoms with Crippen LogP contribution in [0.1, 0.15) is 104 Å². The highest BCUT2D eigenvalue weighted by atomic mass is 16.5. The number of nitrogens with zero attached hydrogens (tertiary/aromatic N) is 1. The van der Waals surface area contributed by atoms with Gasteiger partial charge in [0.25, 0.3) is 0 Å². The predicted octanol–water partition coefficient (Wildman–Crippen LogP) is 6.32. The van der Waals surface area contributed by atoms with Crippen LogP contribution in [0.2, 0.25) is 0 Å². The first-order valence-corrected chi connectivity index (χ1v) is 9.69. The van der Waals surface area contributed by atoms with Gasteiger partial charge in [0, 0.05) is 0 Å². The third kappa shape index (κ3) is 16.1. The Morgan fingerprint density at radius 3 is 1.24 bits per heavy atom. The standard InChI is InChI=1S/C19H42NO/c1-4-6-7-8-9-10-11-12-13-14-15-16-17-18-19-20(3,21)5-2/h21H,4-19H2,1-3H3/q+1. The lowest BCUT2D eigenvalue weighted by Crippen LogP contribution is -2.40. The second-order valence-corrected chi connectivity index (χ2v) is 6.97. The van der Waals surface area contributed by atoms with Gasteiger partial charge in [0.15, 0.2) is 0 Å². The maximum Gasteiger partial charge on any atom is 0.108 e. The highest BCUT2D eigenvalue weighted by Crippen LogP contribution is 2.13. The maximum atomic E-state index is 9.85. The van der Waals surface area contributed by atoms with E-state index in [2.05, 4.69) is 6.92 Å². The van der Waals surface area contributed by atoms with Crippen LogP contribution in [0.4, 0.5) is 0 Å². The molecule has 0 aromatic rings. The van der Waals surface area contributed by atoms with Crippen molar-refractivity contribution in [3.63, 3.8) is 0 Å². The molecule has 0 aliphatic heterocycles. The van der Waals surface area contributed by atoms with Crippen LogP contribution in [0.3, 0.4) is 0 Å². The van der Waals surface area contributed by atoms with Crippen LogP contribution in [0.15, 0.2) is 0 Å². The van der Waals surface area contributed by atoms with Crippen LogP contribution in [-0.4, -0.2) is 30.0 Å². The average molecular weight is 301 g/mol. The quantitative estimate of drug-likeness (QED) is 0.201. The van der Waals surface area contributed by atoms with Gasteiger partial charge in [-0.15, -0.1) is 0 Å². The summed E-state index contributed by atoms with van der Waals surface area (Å²) in [5.74, 6) is 0. The minimum absolute atomic E-state index is 0.193. The number of hydrogen-bond donors (Lipinski definition) is 1. The lowest BCUT2D eigenvalue weighted by molar-refractivity contribution is -1.09. The maximum absolute atomic E-state index is 9.85. The Labute approximate surface area is 134 Å². The molecule has 0 aliphatic carbocycles. The zero-order valence-corrected chi connectivity index (χ0v) is 15.2. The molecule has 0 saturated heterocycles. The van der Waals surface area contributed by atoms with Crippen molar-refractivity contribution in [3.05, 3.63) is 0 Å². The Kier molecular flexibility index (Phi) is 14.8. The molecule has 0 aliphatic rings. The van der Waals surface area contributed by atoms with E-state index in [-0.39, 0.29) is 4.65 Å². The molecule has 2 heteroatoms. The molecular formula is C19H42NO+. The highest BCUT2D eigenvalue weighted by Gasteiger charge is 2.13. The van der Waals surface area contributed by atoms with Crippen molar-refractivity contribution in [2.45, 2.75) is 104 Å². The molecule has 0 fully saturated rings. The predicted molar refractivity (Wildman–Crippen MR) is 93.7 cm³/mol. The van der Waals surface area contributed by atoms with E-state index in [4.69, 9.17) is 0 Å². The topological polar surface area (TPSA) is 20.2 Å². The second kappa shape index (κ2) is 14.8. The first-order chi connectivity index (χ1) is 10.1. The molecule has 0 saturated carbocycles. The van der Waals surface area contributed by atoms with Crippen molar-refractivity contribution in [2.24, 2.45) is 0 Å². The Bertz CT molecular complexity index is 204. The molecule has 1 unspecified atom stereocenters. The van der Waals surface area contributed by atoms with E-state index in [1.807, 2.05) is 14.0 Å². The van der Waals surface area contributed by atoms with Crippen LogP contribution >= 0.6 is 0 Å². The molecule has 1 atom stereocenters. The van der Waals surface area contributed by atoms with E-state index in [1.165, 1.54) is 89.9 Å². The van der Waals surface area contributed by atoms with Crippen molar-refractivity contribution < 1.29 is 9.85 Å². The van der Waals surface area contributed by atoms with Crippen LogP contribution < -0.4 is 0 Å². The Balaban J connectivity index is 3.06. The molecular weight excluding hydrogens is 258 g/mol. The van der Waals surface area contributed by atoms with Gasteiger partial charge in [0.1, 0.15) is 13.1 Å². The summed E-state index contributed by atoms with van der Waals surface area (Å²) in [7, 11) is 1.91. The lowest BCUT2D eigenvalue weighted by atomic mass is 10.0. The van der Waals surface area contributed by atoms with Gasteiger partial charge in [-0.05, 0) is 19.8 Å². The zero-order valence-electron chi connectivity index (χ0n) is 15.2. The highest BCUT2D eigenvalue weighted by molar-refractivity contribution is 4.49. The molecule has 2 nitrogen and oxygen atoms in total. The summed E-state index contributed by atoms with van der Waals surface area (Å²) in [6.45, 7) is 6.06. The van der Waals surface area contributed by atoms with Gasteiger partial charge in [0.05, 0.1) is 7.05 Å². The lowest BCUT2D eigenvalue weighted by Gasteiger charge is -2.23. The first-order valence-electron chi connectivity index (χ1n) is 9.69. The fourth-order valence-electron chi connectivity index (χ4n) is 2.81. The normalized spacial score (nSPS) is 14.3. The summed E-state index contributed by atoms with van der Waals surface area (Å²) >= 11 is 0. The van der Waals surface area contributed by atoms with E-state index < -0.39 is 0 Å². The van der Waals surface area contributed by atoms with Gasteiger partial charge in [-0.25, -0.2) is 5.21 Å². The minimum Gasteiger partial charge on any atom is -0.217 e. The van der Waals surface area contributed by atoms with E-state index >= 15 is 0 Å². The van der Waals surface area contributed by atoms with Gasteiger partial charge < -0.3 is 0 Å². The Morgan fingerprint density at radius 1 is 0.571 bits per heavy atom. The number of unbranched alkanes of at least 4 members (excludes halogenated alkanes) is 13. The molecule has 0 radical (unpaired) electrons. The average Bonchev–Trinajstić information content (AvgIpc) is 2.47. The smallest absolute Gasteiger partial charge is 0.108 e. The molecule has 1 N–H and O–H groups in total. The molecule has 0 heterocycles. The van der Waals surface area contributed by atoms with Crippen LogP contribution in [0.5, 0.6) is 0 Å². The molecule has 0 bridgehead atoms. The van der Waals surface area contributed by atoms with Crippen molar-refractivity contribution in [3.8, 4) is 0 Å². The van der Waals surface area contributed by atoms with E-state index in [9.17, 15) is 5.21 Å². The number of rotatable bonds is 16. The SMILES string of the molecule is CCCCCCCCCCCCCCCC[N+](C)(O)CC. The monoisotopic (exact) mass is 300 g/mol. The van der Waals surface area contributed by atoms with Gasteiger partial charge in [-0.2, -0.15) is 4.65 Å². The van der Waals surface area contributed by atoms with E-state index in [0.29, 0.717) is 0 Å².